The normalized spacial score (nSPS) is 12.6. The van der Waals surface area contributed by atoms with Crippen LogP contribution in [0, 0.1) is 0 Å². The highest BCUT2D eigenvalue weighted by Gasteiger charge is 2.29. The molecule has 0 amide bonds. The summed E-state index contributed by atoms with van der Waals surface area (Å²) in [4.78, 5) is 10.5. The lowest BCUT2D eigenvalue weighted by Gasteiger charge is -2.27. The van der Waals surface area contributed by atoms with Crippen LogP contribution in [0.1, 0.15) is 79.0 Å². The molecule has 0 saturated carbocycles. The Balaban J connectivity index is 1.46. The number of imidazole rings is 1. The Morgan fingerprint density at radius 2 is 1.17 bits per heavy atom. The summed E-state index contributed by atoms with van der Waals surface area (Å²) in [5.74, 6) is 0.986. The minimum atomic E-state index is -0.290. The maximum absolute atomic E-state index is 12.3. The molecule has 0 bridgehead atoms. The number of phenols is 1. The molecule has 0 spiro atoms. The van der Waals surface area contributed by atoms with Gasteiger partial charge >= 0.3 is 0 Å². The topological polar surface area (TPSA) is 50.9 Å². The summed E-state index contributed by atoms with van der Waals surface area (Å²) < 4.78 is 2.26. The molecule has 0 fully saturated rings. The average molecular weight is 708 g/mol. The second kappa shape index (κ2) is 12.7. The van der Waals surface area contributed by atoms with Gasteiger partial charge in [0.15, 0.2) is 0 Å². The van der Waals surface area contributed by atoms with Crippen molar-refractivity contribution in [2.75, 3.05) is 0 Å². The van der Waals surface area contributed by atoms with Crippen molar-refractivity contribution < 1.29 is 5.11 Å². The van der Waals surface area contributed by atoms with E-state index in [0.717, 1.165) is 77.3 Å². The van der Waals surface area contributed by atoms with E-state index in [4.69, 9.17) is 9.97 Å². The third kappa shape index (κ3) is 6.24. The van der Waals surface area contributed by atoms with E-state index in [-0.39, 0.29) is 22.0 Å². The van der Waals surface area contributed by atoms with E-state index in [9.17, 15) is 5.11 Å². The molecule has 1 N–H and O–H groups in total. The van der Waals surface area contributed by atoms with E-state index in [2.05, 4.69) is 188 Å². The van der Waals surface area contributed by atoms with Gasteiger partial charge in [-0.05, 0) is 80.1 Å². The molecule has 54 heavy (non-hydrogen) atoms. The van der Waals surface area contributed by atoms with Crippen LogP contribution in [0.3, 0.4) is 0 Å². The molecular weight excluding hydrogens is 659 g/mol. The molecule has 0 aliphatic rings. The lowest BCUT2D eigenvalue weighted by Crippen LogP contribution is -2.17. The standard InChI is InChI=1S/C50H49N3O/c1-48(2,3)36-25-34(24-35(26-36)42-27-32-17-10-11-18-33(32)30-51-42)39-21-15-23-44-45(39)52-47(53(44)43-22-14-19-31-16-12-13-20-38(31)43)40-28-37(49(4,5)6)29-41(46(40)54)50(7,8)9/h10-30,54H,1-9H3. The Labute approximate surface area is 319 Å². The highest BCUT2D eigenvalue weighted by Crippen LogP contribution is 2.45. The van der Waals surface area contributed by atoms with Crippen LogP contribution in [0.5, 0.6) is 5.75 Å². The summed E-state index contributed by atoms with van der Waals surface area (Å²) in [6.45, 7) is 19.9. The number of phenolic OH excluding ortho intramolecular Hbond substituents is 1. The van der Waals surface area contributed by atoms with Gasteiger partial charge in [0.05, 0.1) is 28.0 Å². The van der Waals surface area contributed by atoms with Crippen LogP contribution in [0.25, 0.3) is 72.0 Å². The van der Waals surface area contributed by atoms with Crippen LogP contribution in [-0.2, 0) is 16.2 Å². The van der Waals surface area contributed by atoms with Crippen molar-refractivity contribution in [3.8, 4) is 45.2 Å². The van der Waals surface area contributed by atoms with Gasteiger partial charge < -0.3 is 5.11 Å². The number of rotatable bonds is 4. The fraction of sp³-hybridized carbons (Fsp3) is 0.240. The van der Waals surface area contributed by atoms with Gasteiger partial charge in [-0.1, -0.05) is 147 Å². The quantitative estimate of drug-likeness (QED) is 0.198. The van der Waals surface area contributed by atoms with Gasteiger partial charge in [0.25, 0.3) is 0 Å². The van der Waals surface area contributed by atoms with Crippen LogP contribution < -0.4 is 0 Å². The molecule has 2 heterocycles. The first-order chi connectivity index (χ1) is 25.6. The van der Waals surface area contributed by atoms with Gasteiger partial charge in [-0.3, -0.25) is 9.55 Å². The van der Waals surface area contributed by atoms with E-state index in [1.54, 1.807) is 0 Å². The highest BCUT2D eigenvalue weighted by molar-refractivity contribution is 6.00. The molecule has 4 heteroatoms. The molecule has 0 aliphatic carbocycles. The van der Waals surface area contributed by atoms with Crippen molar-refractivity contribution in [2.45, 2.75) is 78.6 Å². The van der Waals surface area contributed by atoms with E-state index in [0.29, 0.717) is 5.82 Å². The molecule has 8 rings (SSSR count). The number of nitrogens with zero attached hydrogens (tertiary/aromatic N) is 3. The maximum Gasteiger partial charge on any atom is 0.149 e. The summed E-state index contributed by atoms with van der Waals surface area (Å²) in [5, 5.41) is 16.8. The lowest BCUT2D eigenvalue weighted by atomic mass is 9.79. The Kier molecular flexibility index (Phi) is 8.30. The smallest absolute Gasteiger partial charge is 0.149 e. The molecule has 0 radical (unpaired) electrons. The number of pyridine rings is 1. The third-order valence-corrected chi connectivity index (χ3v) is 10.8. The van der Waals surface area contributed by atoms with E-state index < -0.39 is 0 Å². The summed E-state index contributed by atoms with van der Waals surface area (Å²) in [6, 6.07) is 43.1. The fourth-order valence-electron chi connectivity index (χ4n) is 7.58. The van der Waals surface area contributed by atoms with Crippen LogP contribution in [-0.4, -0.2) is 19.6 Å². The second-order valence-corrected chi connectivity index (χ2v) is 17.8. The van der Waals surface area contributed by atoms with Gasteiger partial charge in [-0.25, -0.2) is 4.98 Å². The van der Waals surface area contributed by atoms with Gasteiger partial charge in [0, 0.05) is 33.7 Å². The predicted molar refractivity (Wildman–Crippen MR) is 228 cm³/mol. The van der Waals surface area contributed by atoms with Crippen LogP contribution >= 0.6 is 0 Å². The zero-order valence-corrected chi connectivity index (χ0v) is 32.9. The molecule has 4 nitrogen and oxygen atoms in total. The predicted octanol–water partition coefficient (Wildman–Crippen LogP) is 13.3. The Bertz CT molecular complexity index is 2720. The molecule has 270 valence electrons. The maximum atomic E-state index is 12.3. The minimum absolute atomic E-state index is 0.106. The number of fused-ring (bicyclic) bond motifs is 3. The third-order valence-electron chi connectivity index (χ3n) is 10.8. The number of aromatic hydroxyl groups is 1. The number of hydrogen-bond acceptors (Lipinski definition) is 3. The van der Waals surface area contributed by atoms with E-state index in [1.165, 1.54) is 5.56 Å². The monoisotopic (exact) mass is 707 g/mol. The Morgan fingerprint density at radius 1 is 0.537 bits per heavy atom. The summed E-state index contributed by atoms with van der Waals surface area (Å²) >= 11 is 0. The summed E-state index contributed by atoms with van der Waals surface area (Å²) in [6.07, 6.45) is 1.97. The van der Waals surface area contributed by atoms with Crippen molar-refractivity contribution in [1.82, 2.24) is 14.5 Å². The van der Waals surface area contributed by atoms with Crippen LogP contribution in [0.15, 0.2) is 128 Å². The van der Waals surface area contributed by atoms with Crippen molar-refractivity contribution in [1.29, 1.82) is 0 Å². The SMILES string of the molecule is CC(C)(C)c1cc(-c2cc3ccccc3cn2)cc(-c2cccc3c2nc(-c2cc(C(C)(C)C)cc(C(C)(C)C)c2O)n3-c2cccc3ccccc23)c1. The number of para-hydroxylation sites is 1. The van der Waals surface area contributed by atoms with Crippen LogP contribution in [0.2, 0.25) is 0 Å². The average Bonchev–Trinajstić information content (AvgIpc) is 3.52. The van der Waals surface area contributed by atoms with Gasteiger partial charge in [-0.15, -0.1) is 0 Å². The van der Waals surface area contributed by atoms with Crippen molar-refractivity contribution in [3.63, 3.8) is 0 Å². The lowest BCUT2D eigenvalue weighted by molar-refractivity contribution is 0.446. The molecule has 0 saturated heterocycles. The molecule has 0 unspecified atom stereocenters. The summed E-state index contributed by atoms with van der Waals surface area (Å²) in [7, 11) is 0. The molecule has 0 atom stereocenters. The van der Waals surface area contributed by atoms with E-state index in [1.807, 2.05) is 6.20 Å². The van der Waals surface area contributed by atoms with Crippen molar-refractivity contribution in [3.05, 3.63) is 144 Å². The zero-order valence-electron chi connectivity index (χ0n) is 32.9. The first-order valence-electron chi connectivity index (χ1n) is 19.0. The van der Waals surface area contributed by atoms with Crippen LogP contribution in [0.4, 0.5) is 0 Å². The molecule has 0 aliphatic heterocycles. The Hall–Kier alpha value is -5.74. The van der Waals surface area contributed by atoms with Crippen molar-refractivity contribution >= 4 is 32.6 Å². The number of hydrogen-bond donors (Lipinski definition) is 1. The molecule has 8 aromatic rings. The largest absolute Gasteiger partial charge is 0.507 e. The van der Waals surface area contributed by atoms with E-state index >= 15 is 0 Å². The molecule has 2 aromatic heterocycles. The first kappa shape index (κ1) is 35.3. The highest BCUT2D eigenvalue weighted by atomic mass is 16.3. The summed E-state index contributed by atoms with van der Waals surface area (Å²) in [5.41, 5.74) is 10.5. The van der Waals surface area contributed by atoms with Gasteiger partial charge in [0.1, 0.15) is 11.6 Å². The number of aromatic nitrogens is 3. The first-order valence-corrected chi connectivity index (χ1v) is 19.0. The molecular formula is C50H49N3O. The second-order valence-electron chi connectivity index (χ2n) is 17.8. The Morgan fingerprint density at radius 3 is 1.89 bits per heavy atom. The fourth-order valence-corrected chi connectivity index (χ4v) is 7.58. The van der Waals surface area contributed by atoms with Gasteiger partial charge in [-0.2, -0.15) is 0 Å². The number of benzene rings is 6. The van der Waals surface area contributed by atoms with Crippen molar-refractivity contribution in [2.24, 2.45) is 0 Å². The minimum Gasteiger partial charge on any atom is -0.507 e. The zero-order chi connectivity index (χ0) is 38.2. The van der Waals surface area contributed by atoms with Gasteiger partial charge in [0.2, 0.25) is 0 Å². The molecule has 6 aromatic carbocycles.